The van der Waals surface area contributed by atoms with Gasteiger partial charge in [-0.05, 0) is 45.0 Å². The molecule has 0 aliphatic carbocycles. The van der Waals surface area contributed by atoms with E-state index in [1.165, 1.54) is 6.07 Å². The van der Waals surface area contributed by atoms with Gasteiger partial charge in [0.1, 0.15) is 11.6 Å². The molecule has 0 fully saturated rings. The minimum atomic E-state index is -0.889. The zero-order valence-electron chi connectivity index (χ0n) is 15.6. The van der Waals surface area contributed by atoms with Gasteiger partial charge in [-0.15, -0.1) is 0 Å². The molecule has 8 heteroatoms. The first-order valence-electron chi connectivity index (χ1n) is 8.72. The van der Waals surface area contributed by atoms with E-state index >= 15 is 0 Å². The average Bonchev–Trinajstić information content (AvgIpc) is 2.62. The number of halogens is 2. The lowest BCUT2D eigenvalue weighted by atomic mass is 10.2. The van der Waals surface area contributed by atoms with Crippen LogP contribution in [0.3, 0.4) is 0 Å². The predicted octanol–water partition coefficient (Wildman–Crippen LogP) is 3.67. The van der Waals surface area contributed by atoms with Gasteiger partial charge in [0.2, 0.25) is 5.91 Å². The van der Waals surface area contributed by atoms with Crippen LogP contribution in [0, 0.1) is 11.6 Å². The van der Waals surface area contributed by atoms with Gasteiger partial charge in [0.05, 0.1) is 21.8 Å². The molecule has 0 radical (unpaired) electrons. The van der Waals surface area contributed by atoms with Crippen molar-refractivity contribution < 1.29 is 13.6 Å². The number of benzene rings is 2. The minimum Gasteiger partial charge on any atom is -0.353 e. The van der Waals surface area contributed by atoms with E-state index in [0.717, 1.165) is 22.4 Å². The Bertz CT molecular complexity index is 1100. The fourth-order valence-electron chi connectivity index (χ4n) is 2.68. The largest absolute Gasteiger partial charge is 0.353 e. The van der Waals surface area contributed by atoms with E-state index in [1.54, 1.807) is 31.2 Å². The molecule has 0 saturated carbocycles. The summed E-state index contributed by atoms with van der Waals surface area (Å²) in [4.78, 5) is 29.8. The molecule has 0 aliphatic rings. The molecule has 1 atom stereocenters. The highest BCUT2D eigenvalue weighted by molar-refractivity contribution is 8.00. The van der Waals surface area contributed by atoms with Crippen molar-refractivity contribution in [1.82, 2.24) is 14.9 Å². The monoisotopic (exact) mass is 403 g/mol. The second-order valence-electron chi connectivity index (χ2n) is 6.57. The molecule has 0 bridgehead atoms. The lowest BCUT2D eigenvalue weighted by Crippen LogP contribution is -2.36. The molecule has 0 aliphatic heterocycles. The zero-order chi connectivity index (χ0) is 20.4. The van der Waals surface area contributed by atoms with Crippen LogP contribution in [0.5, 0.6) is 0 Å². The second kappa shape index (κ2) is 8.10. The lowest BCUT2D eigenvalue weighted by Gasteiger charge is -2.17. The number of fused-ring (bicyclic) bond motifs is 1. The molecule has 0 saturated heterocycles. The summed E-state index contributed by atoms with van der Waals surface area (Å²) < 4.78 is 28.9. The molecule has 1 heterocycles. The maximum absolute atomic E-state index is 14.4. The molecule has 1 amide bonds. The van der Waals surface area contributed by atoms with Gasteiger partial charge >= 0.3 is 0 Å². The van der Waals surface area contributed by atoms with Crippen LogP contribution in [-0.2, 0) is 4.79 Å². The molecule has 3 aromatic rings. The summed E-state index contributed by atoms with van der Waals surface area (Å²) >= 11 is 1.04. The molecule has 5 nitrogen and oxygen atoms in total. The third kappa shape index (κ3) is 4.06. The fourth-order valence-corrected chi connectivity index (χ4v) is 3.61. The molecule has 1 aromatic heterocycles. The van der Waals surface area contributed by atoms with Crippen molar-refractivity contribution in [2.45, 2.75) is 37.2 Å². The van der Waals surface area contributed by atoms with E-state index < -0.39 is 22.4 Å². The number of carbonyl (C=O) groups excluding carboxylic acids is 1. The Morgan fingerprint density at radius 3 is 2.54 bits per heavy atom. The third-order valence-electron chi connectivity index (χ3n) is 3.98. The Kier molecular flexibility index (Phi) is 5.79. The average molecular weight is 403 g/mol. The van der Waals surface area contributed by atoms with E-state index in [9.17, 15) is 18.4 Å². The zero-order valence-corrected chi connectivity index (χ0v) is 16.4. The number of carbonyl (C=O) groups is 1. The lowest BCUT2D eigenvalue weighted by molar-refractivity contribution is -0.120. The molecule has 1 N–H and O–H groups in total. The van der Waals surface area contributed by atoms with E-state index in [2.05, 4.69) is 10.3 Å². The van der Waals surface area contributed by atoms with Crippen molar-refractivity contribution in [2.24, 2.45) is 0 Å². The van der Waals surface area contributed by atoms with Crippen LogP contribution in [-0.4, -0.2) is 26.8 Å². The van der Waals surface area contributed by atoms with Crippen LogP contribution in [0.4, 0.5) is 8.78 Å². The maximum Gasteiger partial charge on any atom is 0.266 e. The Hall–Kier alpha value is -2.74. The SMILES string of the molecule is CC(C)NC(=O)C(C)Sc1nc2ccccc2c(=O)n1-c1ccc(F)cc1F. The highest BCUT2D eigenvalue weighted by Gasteiger charge is 2.22. The third-order valence-corrected chi connectivity index (χ3v) is 5.03. The molecule has 1 unspecified atom stereocenters. The molecule has 3 rings (SSSR count). The Morgan fingerprint density at radius 1 is 1.14 bits per heavy atom. The molecule has 2 aromatic carbocycles. The van der Waals surface area contributed by atoms with Gasteiger partial charge in [-0.1, -0.05) is 23.9 Å². The highest BCUT2D eigenvalue weighted by atomic mass is 32.2. The number of hydrogen-bond donors (Lipinski definition) is 1. The Morgan fingerprint density at radius 2 is 1.86 bits per heavy atom. The predicted molar refractivity (Wildman–Crippen MR) is 106 cm³/mol. The normalized spacial score (nSPS) is 12.4. The topological polar surface area (TPSA) is 64.0 Å². The van der Waals surface area contributed by atoms with Crippen LogP contribution in [0.25, 0.3) is 16.6 Å². The molecule has 28 heavy (non-hydrogen) atoms. The Labute approximate surface area is 164 Å². The number of aromatic nitrogens is 2. The summed E-state index contributed by atoms with van der Waals surface area (Å²) in [6.07, 6.45) is 0. The first-order valence-corrected chi connectivity index (χ1v) is 9.60. The Balaban J connectivity index is 2.17. The first kappa shape index (κ1) is 20.0. The van der Waals surface area contributed by atoms with Gasteiger partial charge in [-0.25, -0.2) is 13.8 Å². The van der Waals surface area contributed by atoms with Crippen molar-refractivity contribution >= 4 is 28.6 Å². The molecular formula is C20H19F2N3O2S. The van der Waals surface area contributed by atoms with Crippen LogP contribution in [0.15, 0.2) is 52.4 Å². The van der Waals surface area contributed by atoms with Crippen LogP contribution >= 0.6 is 11.8 Å². The van der Waals surface area contributed by atoms with Gasteiger partial charge in [0.25, 0.3) is 5.56 Å². The number of amides is 1. The fraction of sp³-hybridized carbons (Fsp3) is 0.250. The van der Waals surface area contributed by atoms with Crippen LogP contribution in [0.1, 0.15) is 20.8 Å². The summed E-state index contributed by atoms with van der Waals surface area (Å²) in [7, 11) is 0. The van der Waals surface area contributed by atoms with Gasteiger partial charge in [-0.3, -0.25) is 14.2 Å². The molecule has 0 spiro atoms. The highest BCUT2D eigenvalue weighted by Crippen LogP contribution is 2.26. The van der Waals surface area contributed by atoms with Gasteiger partial charge in [0, 0.05) is 12.1 Å². The molecular weight excluding hydrogens is 384 g/mol. The summed E-state index contributed by atoms with van der Waals surface area (Å²) in [6, 6.07) is 9.60. The van der Waals surface area contributed by atoms with Crippen molar-refractivity contribution in [2.75, 3.05) is 0 Å². The van der Waals surface area contributed by atoms with E-state index in [1.807, 2.05) is 13.8 Å². The van der Waals surface area contributed by atoms with Gasteiger partial charge < -0.3 is 5.32 Å². The summed E-state index contributed by atoms with van der Waals surface area (Å²) in [6.45, 7) is 5.36. The standard InChI is InChI=1S/C20H19F2N3O2S/c1-11(2)23-18(26)12(3)28-20-24-16-7-5-4-6-14(16)19(27)25(20)17-9-8-13(21)10-15(17)22/h4-12H,1-3H3,(H,23,26). The molecule has 146 valence electrons. The van der Waals surface area contributed by atoms with Crippen LogP contribution < -0.4 is 10.9 Å². The number of rotatable bonds is 5. The van der Waals surface area contributed by atoms with Gasteiger partial charge in [0.15, 0.2) is 5.16 Å². The second-order valence-corrected chi connectivity index (χ2v) is 7.88. The van der Waals surface area contributed by atoms with E-state index in [4.69, 9.17) is 0 Å². The number of para-hydroxylation sites is 1. The summed E-state index contributed by atoms with van der Waals surface area (Å²) in [5, 5.41) is 2.67. The maximum atomic E-state index is 14.4. The van der Waals surface area contributed by atoms with Crippen molar-refractivity contribution in [1.29, 1.82) is 0 Å². The van der Waals surface area contributed by atoms with Crippen molar-refractivity contribution in [3.63, 3.8) is 0 Å². The van der Waals surface area contributed by atoms with E-state index in [0.29, 0.717) is 17.0 Å². The van der Waals surface area contributed by atoms with Crippen molar-refractivity contribution in [3.8, 4) is 5.69 Å². The smallest absolute Gasteiger partial charge is 0.266 e. The van der Waals surface area contributed by atoms with E-state index in [-0.39, 0.29) is 22.8 Å². The van der Waals surface area contributed by atoms with Crippen LogP contribution in [0.2, 0.25) is 0 Å². The first-order chi connectivity index (χ1) is 13.3. The minimum absolute atomic E-state index is 0.0446. The summed E-state index contributed by atoms with van der Waals surface area (Å²) in [5.74, 6) is -1.87. The quantitative estimate of drug-likeness (QED) is 0.522. The number of thioether (sulfide) groups is 1. The number of nitrogens with one attached hydrogen (secondary N) is 1. The van der Waals surface area contributed by atoms with Crippen molar-refractivity contribution in [3.05, 3.63) is 64.5 Å². The number of hydrogen-bond acceptors (Lipinski definition) is 4. The summed E-state index contributed by atoms with van der Waals surface area (Å²) in [5.41, 5.74) is -0.177. The number of nitrogens with zero attached hydrogens (tertiary/aromatic N) is 2. The van der Waals surface area contributed by atoms with Gasteiger partial charge in [-0.2, -0.15) is 0 Å².